The molecule has 0 spiro atoms. The molecule has 0 radical (unpaired) electrons. The van der Waals surface area contributed by atoms with Gasteiger partial charge in [0.25, 0.3) is 0 Å². The van der Waals surface area contributed by atoms with Crippen molar-refractivity contribution in [2.24, 2.45) is 5.92 Å². The Balaban J connectivity index is 4.61. The van der Waals surface area contributed by atoms with Gasteiger partial charge < -0.3 is 9.64 Å². The molecular formula is C14H28N2O2Si. The molecule has 0 heterocycles. The number of rotatable bonds is 4. The van der Waals surface area contributed by atoms with Crippen LogP contribution in [0.4, 0.5) is 4.79 Å². The van der Waals surface area contributed by atoms with E-state index in [1.807, 2.05) is 27.7 Å². The number of amides is 1. The van der Waals surface area contributed by atoms with Crippen molar-refractivity contribution in [3.05, 3.63) is 0 Å². The highest BCUT2D eigenvalue weighted by Crippen LogP contribution is 2.29. The quantitative estimate of drug-likeness (QED) is 0.739. The van der Waals surface area contributed by atoms with Crippen LogP contribution in [-0.4, -0.2) is 38.3 Å². The first kappa shape index (κ1) is 18.0. The van der Waals surface area contributed by atoms with E-state index in [4.69, 9.17) is 4.74 Å². The summed E-state index contributed by atoms with van der Waals surface area (Å²) in [6.07, 6.45) is -0.327. The van der Waals surface area contributed by atoms with Gasteiger partial charge in [0.2, 0.25) is 0 Å². The second-order valence-electron chi connectivity index (χ2n) is 7.31. The van der Waals surface area contributed by atoms with Gasteiger partial charge in [-0.25, -0.2) is 4.79 Å². The summed E-state index contributed by atoms with van der Waals surface area (Å²) >= 11 is 0. The minimum atomic E-state index is -1.54. The zero-order valence-electron chi connectivity index (χ0n) is 13.6. The predicted octanol–water partition coefficient (Wildman–Crippen LogP) is 3.72. The minimum Gasteiger partial charge on any atom is -0.444 e. The first-order chi connectivity index (χ1) is 8.38. The average Bonchev–Trinajstić information content (AvgIpc) is 2.12. The van der Waals surface area contributed by atoms with E-state index < -0.39 is 13.7 Å². The fraction of sp³-hybridized carbons (Fsp3) is 0.857. The first-order valence-electron chi connectivity index (χ1n) is 6.72. The Hall–Kier alpha value is -1.02. The molecule has 0 aliphatic rings. The van der Waals surface area contributed by atoms with Gasteiger partial charge in [-0.1, -0.05) is 26.6 Å². The van der Waals surface area contributed by atoms with E-state index in [-0.39, 0.29) is 17.6 Å². The summed E-state index contributed by atoms with van der Waals surface area (Å²) in [6, 6.07) is 2.42. The van der Waals surface area contributed by atoms with Crippen molar-refractivity contribution in [1.82, 2.24) is 4.90 Å². The molecule has 2 unspecified atom stereocenters. The van der Waals surface area contributed by atoms with Gasteiger partial charge in [-0.2, -0.15) is 5.26 Å². The lowest BCUT2D eigenvalue weighted by molar-refractivity contribution is 0.0277. The average molecular weight is 284 g/mol. The summed E-state index contributed by atoms with van der Waals surface area (Å²) in [5.41, 5.74) is -0.445. The van der Waals surface area contributed by atoms with Crippen molar-refractivity contribution in [2.75, 3.05) is 13.6 Å². The molecule has 0 aromatic rings. The van der Waals surface area contributed by atoms with Crippen molar-refractivity contribution in [3.63, 3.8) is 0 Å². The smallest absolute Gasteiger partial charge is 0.410 e. The molecule has 0 aliphatic carbocycles. The highest BCUT2D eigenvalue weighted by molar-refractivity contribution is 6.78. The number of nitriles is 1. The first-order valence-corrected chi connectivity index (χ1v) is 10.3. The molecule has 0 bridgehead atoms. The second-order valence-corrected chi connectivity index (χ2v) is 12.7. The van der Waals surface area contributed by atoms with Gasteiger partial charge in [0.15, 0.2) is 0 Å². The standard InChI is InChI=1S/C14H28N2O2Si/c1-11(12(9-15)19(6,7)8)10-16(5)13(17)18-14(2,3)4/h11-12H,10H2,1-8H3. The topological polar surface area (TPSA) is 53.3 Å². The maximum absolute atomic E-state index is 11.9. The van der Waals surface area contributed by atoms with E-state index in [0.29, 0.717) is 6.54 Å². The molecule has 110 valence electrons. The Labute approximate surface area is 118 Å². The molecule has 0 rings (SSSR count). The van der Waals surface area contributed by atoms with Crippen molar-refractivity contribution in [2.45, 2.75) is 58.5 Å². The van der Waals surface area contributed by atoms with Crippen LogP contribution in [0.3, 0.4) is 0 Å². The molecule has 0 aromatic heterocycles. The third-order valence-corrected chi connectivity index (χ3v) is 5.47. The Bertz CT molecular complexity index is 350. The third-order valence-electron chi connectivity index (χ3n) is 2.91. The monoisotopic (exact) mass is 284 g/mol. The van der Waals surface area contributed by atoms with E-state index in [2.05, 4.69) is 25.7 Å². The summed E-state index contributed by atoms with van der Waals surface area (Å²) in [7, 11) is 0.187. The minimum absolute atomic E-state index is 0.0392. The van der Waals surface area contributed by atoms with E-state index >= 15 is 0 Å². The number of hydrogen-bond acceptors (Lipinski definition) is 3. The molecule has 0 fully saturated rings. The van der Waals surface area contributed by atoms with Crippen LogP contribution in [0.1, 0.15) is 27.7 Å². The zero-order chi connectivity index (χ0) is 15.4. The molecule has 0 N–H and O–H groups in total. The van der Waals surface area contributed by atoms with Crippen molar-refractivity contribution >= 4 is 14.2 Å². The third kappa shape index (κ3) is 6.62. The largest absolute Gasteiger partial charge is 0.444 e. The SMILES string of the molecule is CC(CN(C)C(=O)OC(C)(C)C)C(C#N)[Si](C)(C)C. The maximum Gasteiger partial charge on any atom is 0.410 e. The van der Waals surface area contributed by atoms with Crippen LogP contribution in [0, 0.1) is 17.2 Å². The molecule has 1 amide bonds. The lowest BCUT2D eigenvalue weighted by Crippen LogP contribution is -2.40. The van der Waals surface area contributed by atoms with Gasteiger partial charge in [-0.3, -0.25) is 0 Å². The Kier molecular flexibility index (Phi) is 6.08. The Morgan fingerprint density at radius 1 is 1.37 bits per heavy atom. The van der Waals surface area contributed by atoms with E-state index in [1.165, 1.54) is 0 Å². The lowest BCUT2D eigenvalue weighted by Gasteiger charge is -2.32. The van der Waals surface area contributed by atoms with Gasteiger partial charge in [0.05, 0.1) is 14.1 Å². The summed E-state index contributed by atoms with van der Waals surface area (Å²) in [6.45, 7) is 14.7. The van der Waals surface area contributed by atoms with Crippen molar-refractivity contribution in [1.29, 1.82) is 5.26 Å². The molecule has 0 saturated carbocycles. The molecule has 0 aromatic carbocycles. The van der Waals surface area contributed by atoms with Gasteiger partial charge in [-0.15, -0.1) is 0 Å². The zero-order valence-corrected chi connectivity index (χ0v) is 14.6. The fourth-order valence-electron chi connectivity index (χ4n) is 2.13. The lowest BCUT2D eigenvalue weighted by atomic mass is 10.1. The van der Waals surface area contributed by atoms with Crippen LogP contribution in [0.2, 0.25) is 25.2 Å². The number of carbonyl (C=O) groups is 1. The van der Waals surface area contributed by atoms with Crippen molar-refractivity contribution < 1.29 is 9.53 Å². The van der Waals surface area contributed by atoms with Gasteiger partial charge in [0, 0.05) is 19.1 Å². The molecule has 2 atom stereocenters. The highest BCUT2D eigenvalue weighted by Gasteiger charge is 2.33. The number of carbonyl (C=O) groups excluding carboxylic acids is 1. The highest BCUT2D eigenvalue weighted by atomic mass is 28.3. The molecule has 4 nitrogen and oxygen atoms in total. The second kappa shape index (κ2) is 6.42. The Morgan fingerprint density at radius 3 is 2.16 bits per heavy atom. The van der Waals surface area contributed by atoms with Gasteiger partial charge in [0.1, 0.15) is 5.60 Å². The molecule has 0 saturated heterocycles. The number of hydrogen-bond donors (Lipinski definition) is 0. The van der Waals surface area contributed by atoms with Crippen LogP contribution >= 0.6 is 0 Å². The Morgan fingerprint density at radius 2 is 1.84 bits per heavy atom. The van der Waals surface area contributed by atoms with Crippen molar-refractivity contribution in [3.8, 4) is 6.07 Å². The van der Waals surface area contributed by atoms with Crippen LogP contribution < -0.4 is 0 Å². The van der Waals surface area contributed by atoms with E-state index in [9.17, 15) is 10.1 Å². The number of ether oxygens (including phenoxy) is 1. The summed E-state index contributed by atoms with van der Waals surface area (Å²) in [5.74, 6) is 0.161. The molecular weight excluding hydrogens is 256 g/mol. The van der Waals surface area contributed by atoms with Gasteiger partial charge >= 0.3 is 6.09 Å². The van der Waals surface area contributed by atoms with Crippen LogP contribution in [-0.2, 0) is 4.74 Å². The fourth-order valence-corrected chi connectivity index (χ4v) is 4.33. The van der Waals surface area contributed by atoms with Crippen LogP contribution in [0.15, 0.2) is 0 Å². The predicted molar refractivity (Wildman–Crippen MR) is 80.7 cm³/mol. The van der Waals surface area contributed by atoms with Gasteiger partial charge in [-0.05, 0) is 26.7 Å². The summed E-state index contributed by atoms with van der Waals surface area (Å²) < 4.78 is 5.31. The summed E-state index contributed by atoms with van der Waals surface area (Å²) in [4.78, 5) is 13.5. The molecule has 19 heavy (non-hydrogen) atoms. The molecule has 5 heteroatoms. The van der Waals surface area contributed by atoms with E-state index in [0.717, 1.165) is 0 Å². The van der Waals surface area contributed by atoms with Crippen LogP contribution in [0.25, 0.3) is 0 Å². The normalized spacial score (nSPS) is 15.3. The van der Waals surface area contributed by atoms with E-state index in [1.54, 1.807) is 11.9 Å². The van der Waals surface area contributed by atoms with Crippen LogP contribution in [0.5, 0.6) is 0 Å². The maximum atomic E-state index is 11.9. The molecule has 0 aliphatic heterocycles. The number of nitrogens with zero attached hydrogens (tertiary/aromatic N) is 2. The summed E-state index contributed by atoms with van der Waals surface area (Å²) in [5, 5.41) is 9.32.